The van der Waals surface area contributed by atoms with Gasteiger partial charge in [0, 0.05) is 16.9 Å². The van der Waals surface area contributed by atoms with E-state index >= 15 is 0 Å². The van der Waals surface area contributed by atoms with Crippen LogP contribution in [0.15, 0.2) is 28.7 Å². The maximum Gasteiger partial charge on any atom is 0.234 e. The fourth-order valence-electron chi connectivity index (χ4n) is 2.06. The van der Waals surface area contributed by atoms with Crippen LogP contribution < -0.4 is 10.6 Å². The van der Waals surface area contributed by atoms with Gasteiger partial charge >= 0.3 is 0 Å². The first kappa shape index (κ1) is 19.3. The van der Waals surface area contributed by atoms with E-state index in [4.69, 9.17) is 4.74 Å². The van der Waals surface area contributed by atoms with Gasteiger partial charge in [-0.05, 0) is 31.5 Å². The number of nitrogens with one attached hydrogen (secondary N) is 2. The number of nitrogens with zero attached hydrogens (tertiary/aromatic N) is 3. The first-order valence-electron chi connectivity index (χ1n) is 8.07. The van der Waals surface area contributed by atoms with Gasteiger partial charge in [-0.1, -0.05) is 35.0 Å². The molecule has 1 unspecified atom stereocenters. The number of ether oxygens (including phenoxy) is 1. The number of carbonyl (C=O) groups is 1. The van der Waals surface area contributed by atoms with Gasteiger partial charge in [-0.2, -0.15) is 15.0 Å². The minimum atomic E-state index is -0.137. The molecular formula is C17H22BrN5O2. The monoisotopic (exact) mass is 407 g/mol. The lowest BCUT2D eigenvalue weighted by Gasteiger charge is -2.15. The summed E-state index contributed by atoms with van der Waals surface area (Å²) in [6.07, 6.45) is 0.368. The Morgan fingerprint density at radius 2 is 2.04 bits per heavy atom. The van der Waals surface area contributed by atoms with Crippen molar-refractivity contribution in [2.75, 3.05) is 17.2 Å². The van der Waals surface area contributed by atoms with Crippen LogP contribution in [-0.2, 0) is 16.1 Å². The normalized spacial score (nSPS) is 11.8. The van der Waals surface area contributed by atoms with Crippen molar-refractivity contribution in [1.82, 2.24) is 15.0 Å². The highest BCUT2D eigenvalue weighted by atomic mass is 79.9. The van der Waals surface area contributed by atoms with Crippen LogP contribution in [-0.4, -0.2) is 33.5 Å². The molecule has 0 bridgehead atoms. The van der Waals surface area contributed by atoms with Crippen molar-refractivity contribution in [3.8, 4) is 0 Å². The Hall–Kier alpha value is -2.06. The highest BCUT2D eigenvalue weighted by molar-refractivity contribution is 9.10. The number of hydrogen-bond acceptors (Lipinski definition) is 6. The molecule has 1 aromatic heterocycles. The molecule has 25 heavy (non-hydrogen) atoms. The summed E-state index contributed by atoms with van der Waals surface area (Å²) in [5.74, 6) is 1.06. The van der Waals surface area contributed by atoms with Gasteiger partial charge in [0.05, 0.1) is 13.2 Å². The number of aromatic nitrogens is 3. The van der Waals surface area contributed by atoms with Crippen molar-refractivity contribution >= 4 is 33.7 Å². The van der Waals surface area contributed by atoms with Crippen LogP contribution in [0.3, 0.4) is 0 Å². The molecular weight excluding hydrogens is 386 g/mol. The fraction of sp³-hybridized carbons (Fsp3) is 0.412. The van der Waals surface area contributed by atoms with Gasteiger partial charge in [-0.3, -0.25) is 10.1 Å². The molecule has 0 spiro atoms. The summed E-state index contributed by atoms with van der Waals surface area (Å²) >= 11 is 3.44. The third kappa shape index (κ3) is 6.75. The highest BCUT2D eigenvalue weighted by Gasteiger charge is 2.09. The minimum Gasteiger partial charge on any atom is -0.375 e. The number of halogens is 1. The van der Waals surface area contributed by atoms with E-state index in [9.17, 15) is 4.79 Å². The Morgan fingerprint density at radius 1 is 1.28 bits per heavy atom. The van der Waals surface area contributed by atoms with Gasteiger partial charge in [0.15, 0.2) is 0 Å². The standard InChI is InChI=1S/C17H22BrN5O2/c1-4-15(24)22-17-21-12(3)20-16(23-17)19-11(2)9-25-10-13-6-5-7-14(18)8-13/h5-8,11H,4,9-10H2,1-3H3,(H2,19,20,21,22,23,24). The predicted molar refractivity (Wildman–Crippen MR) is 100 cm³/mol. The van der Waals surface area contributed by atoms with Gasteiger partial charge < -0.3 is 10.1 Å². The summed E-state index contributed by atoms with van der Waals surface area (Å²) in [5, 5.41) is 5.80. The molecule has 0 aliphatic heterocycles. The molecule has 2 rings (SSSR count). The van der Waals surface area contributed by atoms with Crippen molar-refractivity contribution in [3.05, 3.63) is 40.1 Å². The number of aryl methyl sites for hydroxylation is 1. The Balaban J connectivity index is 1.87. The first-order valence-corrected chi connectivity index (χ1v) is 8.86. The number of carbonyl (C=O) groups excluding carboxylic acids is 1. The Kier molecular flexibility index (Phi) is 7.27. The summed E-state index contributed by atoms with van der Waals surface area (Å²) in [6.45, 7) is 6.52. The topological polar surface area (TPSA) is 89.0 Å². The molecule has 7 nitrogen and oxygen atoms in total. The van der Waals surface area contributed by atoms with E-state index in [1.54, 1.807) is 13.8 Å². The smallest absolute Gasteiger partial charge is 0.234 e. The van der Waals surface area contributed by atoms with Crippen LogP contribution in [0.1, 0.15) is 31.7 Å². The van der Waals surface area contributed by atoms with E-state index in [0.29, 0.717) is 31.4 Å². The van der Waals surface area contributed by atoms with Gasteiger partial charge in [0.2, 0.25) is 17.8 Å². The first-order chi connectivity index (χ1) is 12.0. The summed E-state index contributed by atoms with van der Waals surface area (Å²) < 4.78 is 6.76. The van der Waals surface area contributed by atoms with E-state index in [2.05, 4.69) is 41.5 Å². The molecule has 134 valence electrons. The van der Waals surface area contributed by atoms with Crippen LogP contribution in [0.2, 0.25) is 0 Å². The zero-order valence-corrected chi connectivity index (χ0v) is 16.1. The summed E-state index contributed by atoms with van der Waals surface area (Å²) in [4.78, 5) is 24.0. The number of hydrogen-bond donors (Lipinski definition) is 2. The van der Waals surface area contributed by atoms with Crippen molar-refractivity contribution in [1.29, 1.82) is 0 Å². The number of anilines is 2. The molecule has 0 saturated heterocycles. The molecule has 2 aromatic rings. The molecule has 8 heteroatoms. The maximum absolute atomic E-state index is 11.5. The average Bonchev–Trinajstić information content (AvgIpc) is 2.54. The van der Waals surface area contributed by atoms with E-state index in [1.165, 1.54) is 0 Å². The molecule has 1 atom stereocenters. The lowest BCUT2D eigenvalue weighted by Crippen LogP contribution is -2.24. The average molecular weight is 408 g/mol. The van der Waals surface area contributed by atoms with E-state index < -0.39 is 0 Å². The highest BCUT2D eigenvalue weighted by Crippen LogP contribution is 2.13. The zero-order chi connectivity index (χ0) is 18.2. The van der Waals surface area contributed by atoms with Crippen molar-refractivity contribution in [2.45, 2.75) is 39.8 Å². The molecule has 1 heterocycles. The number of rotatable bonds is 8. The van der Waals surface area contributed by atoms with Crippen LogP contribution in [0.4, 0.5) is 11.9 Å². The lowest BCUT2D eigenvalue weighted by atomic mass is 10.2. The van der Waals surface area contributed by atoms with Crippen molar-refractivity contribution < 1.29 is 9.53 Å². The summed E-state index contributed by atoms with van der Waals surface area (Å²) in [6, 6.07) is 8.00. The van der Waals surface area contributed by atoms with Crippen LogP contribution in [0, 0.1) is 6.92 Å². The third-order valence-corrected chi connectivity index (χ3v) is 3.71. The second-order valence-corrected chi connectivity index (χ2v) is 6.54. The van der Waals surface area contributed by atoms with E-state index in [-0.39, 0.29) is 17.9 Å². The molecule has 0 saturated carbocycles. The van der Waals surface area contributed by atoms with E-state index in [0.717, 1.165) is 10.0 Å². The van der Waals surface area contributed by atoms with Gasteiger partial charge in [-0.15, -0.1) is 0 Å². The van der Waals surface area contributed by atoms with Crippen LogP contribution in [0.25, 0.3) is 0 Å². The van der Waals surface area contributed by atoms with Crippen LogP contribution >= 0.6 is 15.9 Å². The molecule has 0 aliphatic carbocycles. The van der Waals surface area contributed by atoms with Crippen molar-refractivity contribution in [3.63, 3.8) is 0 Å². The van der Waals surface area contributed by atoms with Crippen molar-refractivity contribution in [2.24, 2.45) is 0 Å². The number of benzene rings is 1. The Bertz CT molecular complexity index is 726. The second-order valence-electron chi connectivity index (χ2n) is 5.62. The quantitative estimate of drug-likeness (QED) is 0.697. The fourth-order valence-corrected chi connectivity index (χ4v) is 2.50. The van der Waals surface area contributed by atoms with Gasteiger partial charge in [0.1, 0.15) is 5.82 Å². The SMILES string of the molecule is CCC(=O)Nc1nc(C)nc(NC(C)COCc2cccc(Br)c2)n1. The predicted octanol–water partition coefficient (Wildman–Crippen LogP) is 3.31. The van der Waals surface area contributed by atoms with Gasteiger partial charge in [0.25, 0.3) is 0 Å². The van der Waals surface area contributed by atoms with E-state index in [1.807, 2.05) is 31.2 Å². The molecule has 1 aromatic carbocycles. The molecule has 0 fully saturated rings. The van der Waals surface area contributed by atoms with Gasteiger partial charge in [-0.25, -0.2) is 0 Å². The summed E-state index contributed by atoms with van der Waals surface area (Å²) in [5.41, 5.74) is 1.10. The molecule has 0 radical (unpaired) electrons. The Morgan fingerprint density at radius 3 is 2.76 bits per heavy atom. The molecule has 1 amide bonds. The number of amides is 1. The Labute approximate surface area is 155 Å². The lowest BCUT2D eigenvalue weighted by molar-refractivity contribution is -0.115. The maximum atomic E-state index is 11.5. The summed E-state index contributed by atoms with van der Waals surface area (Å²) in [7, 11) is 0. The molecule has 2 N–H and O–H groups in total. The largest absolute Gasteiger partial charge is 0.375 e. The molecule has 0 aliphatic rings. The minimum absolute atomic E-state index is 0.00341. The zero-order valence-electron chi connectivity index (χ0n) is 14.5. The third-order valence-electron chi connectivity index (χ3n) is 3.22. The van der Waals surface area contributed by atoms with Crippen LogP contribution in [0.5, 0.6) is 0 Å². The second kappa shape index (κ2) is 9.43.